The summed E-state index contributed by atoms with van der Waals surface area (Å²) in [6.45, 7) is 2.63. The van der Waals surface area contributed by atoms with Gasteiger partial charge >= 0.3 is 0 Å². The van der Waals surface area contributed by atoms with Gasteiger partial charge in [0.15, 0.2) is 0 Å². The summed E-state index contributed by atoms with van der Waals surface area (Å²) >= 11 is 0. The minimum absolute atomic E-state index is 0.0120. The Morgan fingerprint density at radius 1 is 1.32 bits per heavy atom. The van der Waals surface area contributed by atoms with E-state index in [0.717, 1.165) is 43.9 Å². The molecule has 3 rings (SSSR count). The molecule has 8 heteroatoms. The maximum Gasteiger partial charge on any atom is 0.223 e. The van der Waals surface area contributed by atoms with Crippen molar-refractivity contribution in [3.8, 4) is 0 Å². The molecule has 2 fully saturated rings. The van der Waals surface area contributed by atoms with Gasteiger partial charge in [-0.2, -0.15) is 0 Å². The van der Waals surface area contributed by atoms with Crippen LogP contribution in [0.5, 0.6) is 0 Å². The Kier molecular flexibility index (Phi) is 5.78. The monoisotopic (exact) mass is 368 g/mol. The van der Waals surface area contributed by atoms with Crippen molar-refractivity contribution in [2.24, 2.45) is 5.92 Å². The van der Waals surface area contributed by atoms with Crippen LogP contribution in [0.3, 0.4) is 0 Å². The van der Waals surface area contributed by atoms with Gasteiger partial charge in [-0.15, -0.1) is 0 Å². The fourth-order valence-electron chi connectivity index (χ4n) is 3.70. The molecule has 1 amide bonds. The van der Waals surface area contributed by atoms with E-state index in [9.17, 15) is 13.2 Å². The highest BCUT2D eigenvalue weighted by molar-refractivity contribution is 7.88. The molecule has 1 atom stereocenters. The van der Waals surface area contributed by atoms with Gasteiger partial charge in [-0.3, -0.25) is 4.79 Å². The summed E-state index contributed by atoms with van der Waals surface area (Å²) in [6, 6.07) is 0. The maximum atomic E-state index is 12.4. The Morgan fingerprint density at radius 2 is 2.12 bits per heavy atom. The minimum atomic E-state index is -3.25. The number of likely N-dealkylation sites (tertiary alicyclic amines) is 1. The molecule has 25 heavy (non-hydrogen) atoms. The molecule has 2 aliphatic rings. The molecule has 7 nitrogen and oxygen atoms in total. The summed E-state index contributed by atoms with van der Waals surface area (Å²) in [4.78, 5) is 18.8. The number of hydrogen-bond acceptors (Lipinski definition) is 4. The fourth-order valence-corrected chi connectivity index (χ4v) is 4.18. The highest BCUT2D eigenvalue weighted by Gasteiger charge is 2.28. The van der Waals surface area contributed by atoms with Crippen molar-refractivity contribution in [3.05, 3.63) is 18.2 Å². The lowest BCUT2D eigenvalue weighted by Gasteiger charge is -2.33. The number of piperidine rings is 1. The van der Waals surface area contributed by atoms with Gasteiger partial charge in [0.05, 0.1) is 6.26 Å². The zero-order valence-electron chi connectivity index (χ0n) is 14.9. The largest absolute Gasteiger partial charge is 0.342 e. The zero-order valence-corrected chi connectivity index (χ0v) is 15.7. The number of aromatic nitrogens is 2. The van der Waals surface area contributed by atoms with Crippen LogP contribution >= 0.6 is 0 Å². The van der Waals surface area contributed by atoms with Crippen LogP contribution in [-0.4, -0.2) is 54.7 Å². The van der Waals surface area contributed by atoms with E-state index in [1.54, 1.807) is 0 Å². The van der Waals surface area contributed by atoms with Crippen LogP contribution < -0.4 is 4.72 Å². The van der Waals surface area contributed by atoms with E-state index < -0.39 is 10.0 Å². The lowest BCUT2D eigenvalue weighted by molar-refractivity contribution is -0.132. The molecule has 1 saturated heterocycles. The fraction of sp³-hybridized carbons (Fsp3) is 0.765. The van der Waals surface area contributed by atoms with Crippen molar-refractivity contribution in [1.82, 2.24) is 19.2 Å². The number of nitrogens with zero attached hydrogens (tertiary/aromatic N) is 3. The van der Waals surface area contributed by atoms with Gasteiger partial charge in [-0.1, -0.05) is 6.42 Å². The van der Waals surface area contributed by atoms with Crippen molar-refractivity contribution >= 4 is 15.9 Å². The smallest absolute Gasteiger partial charge is 0.223 e. The minimum Gasteiger partial charge on any atom is -0.342 e. The normalized spacial score (nSPS) is 22.0. The summed E-state index contributed by atoms with van der Waals surface area (Å²) in [5.74, 6) is 2.16. The number of carbonyl (C=O) groups is 1. The lowest BCUT2D eigenvalue weighted by Crippen LogP contribution is -2.41. The summed E-state index contributed by atoms with van der Waals surface area (Å²) in [5, 5.41) is 0. The third-order valence-electron chi connectivity index (χ3n) is 5.27. The van der Waals surface area contributed by atoms with Crippen LogP contribution in [0.25, 0.3) is 0 Å². The number of imidazole rings is 1. The number of sulfonamides is 1. The van der Waals surface area contributed by atoms with Gasteiger partial charge in [0.2, 0.25) is 15.9 Å². The van der Waals surface area contributed by atoms with Crippen LogP contribution in [0.1, 0.15) is 50.3 Å². The molecule has 140 valence electrons. The molecular formula is C17H28N4O3S. The molecule has 1 aliphatic heterocycles. The standard InChI is InChI=1S/C17H28N4O3S/c1-25(23,24)19-8-7-16(22)20-10-3-6-15(13-20)17-18-9-11-21(17)12-14-4-2-5-14/h9,11,14-15,19H,2-8,10,12-13H2,1H3. The Balaban J connectivity index is 1.56. The third kappa shape index (κ3) is 5.04. The molecule has 1 N–H and O–H groups in total. The molecule has 0 bridgehead atoms. The first-order valence-corrected chi connectivity index (χ1v) is 11.0. The summed E-state index contributed by atoms with van der Waals surface area (Å²) < 4.78 is 26.9. The number of carbonyl (C=O) groups excluding carboxylic acids is 1. The van der Waals surface area contributed by atoms with Crippen molar-refractivity contribution in [1.29, 1.82) is 0 Å². The van der Waals surface area contributed by atoms with Gasteiger partial charge in [-0.25, -0.2) is 18.1 Å². The molecule has 2 heterocycles. The highest BCUT2D eigenvalue weighted by atomic mass is 32.2. The molecule has 0 spiro atoms. The average molecular weight is 369 g/mol. The molecule has 0 aromatic carbocycles. The Bertz CT molecular complexity index is 697. The summed E-state index contributed by atoms with van der Waals surface area (Å²) in [5.41, 5.74) is 0. The molecule has 1 saturated carbocycles. The first kappa shape index (κ1) is 18.4. The Morgan fingerprint density at radius 3 is 2.80 bits per heavy atom. The molecule has 0 radical (unpaired) electrons. The quantitative estimate of drug-likeness (QED) is 0.787. The van der Waals surface area contributed by atoms with E-state index in [0.29, 0.717) is 6.54 Å². The Labute approximate surface area is 149 Å². The topological polar surface area (TPSA) is 84.3 Å². The van der Waals surface area contributed by atoms with Crippen molar-refractivity contribution in [3.63, 3.8) is 0 Å². The lowest BCUT2D eigenvalue weighted by atomic mass is 9.85. The number of rotatable bonds is 7. The summed E-state index contributed by atoms with van der Waals surface area (Å²) in [7, 11) is -3.25. The Hall–Kier alpha value is -1.41. The SMILES string of the molecule is CS(=O)(=O)NCCC(=O)N1CCCC(c2nccn2CC2CCC2)C1. The van der Waals surface area contributed by atoms with Crippen LogP contribution in [0.15, 0.2) is 12.4 Å². The van der Waals surface area contributed by atoms with Crippen molar-refractivity contribution in [2.45, 2.75) is 51.0 Å². The number of hydrogen-bond donors (Lipinski definition) is 1. The molecular weight excluding hydrogens is 340 g/mol. The van der Waals surface area contributed by atoms with Gasteiger partial charge in [0.25, 0.3) is 0 Å². The van der Waals surface area contributed by atoms with Crippen molar-refractivity contribution < 1.29 is 13.2 Å². The van der Waals surface area contributed by atoms with Crippen molar-refractivity contribution in [2.75, 3.05) is 25.9 Å². The molecule has 1 aliphatic carbocycles. The third-order valence-corrected chi connectivity index (χ3v) is 6.00. The first-order chi connectivity index (χ1) is 11.9. The van der Waals surface area contributed by atoms with E-state index in [-0.39, 0.29) is 24.8 Å². The summed E-state index contributed by atoms with van der Waals surface area (Å²) in [6.07, 6.45) is 11.2. The maximum absolute atomic E-state index is 12.4. The molecule has 1 aromatic rings. The second-order valence-corrected chi connectivity index (χ2v) is 9.16. The molecule has 1 unspecified atom stereocenters. The van der Waals surface area contributed by atoms with Crippen LogP contribution in [0, 0.1) is 5.92 Å². The first-order valence-electron chi connectivity index (χ1n) is 9.16. The van der Waals surface area contributed by atoms with Gasteiger partial charge < -0.3 is 9.47 Å². The van der Waals surface area contributed by atoms with Gasteiger partial charge in [-0.05, 0) is 31.6 Å². The van der Waals surface area contributed by atoms with E-state index in [1.807, 2.05) is 11.1 Å². The molecule has 1 aromatic heterocycles. The average Bonchev–Trinajstić information content (AvgIpc) is 2.98. The predicted molar refractivity (Wildman–Crippen MR) is 95.6 cm³/mol. The van der Waals surface area contributed by atoms with Gasteiger partial charge in [0, 0.05) is 50.9 Å². The van der Waals surface area contributed by atoms with Crippen LogP contribution in [-0.2, 0) is 21.4 Å². The van der Waals surface area contributed by atoms with E-state index in [1.165, 1.54) is 19.3 Å². The zero-order chi connectivity index (χ0) is 17.9. The number of amides is 1. The predicted octanol–water partition coefficient (Wildman–Crippen LogP) is 1.33. The van der Waals surface area contributed by atoms with E-state index in [4.69, 9.17) is 0 Å². The van der Waals surface area contributed by atoms with Crippen LogP contribution in [0.2, 0.25) is 0 Å². The second-order valence-electron chi connectivity index (χ2n) is 7.33. The van der Waals surface area contributed by atoms with E-state index in [2.05, 4.69) is 20.5 Å². The van der Waals surface area contributed by atoms with Crippen LogP contribution in [0.4, 0.5) is 0 Å². The van der Waals surface area contributed by atoms with Gasteiger partial charge in [0.1, 0.15) is 5.82 Å². The highest BCUT2D eigenvalue weighted by Crippen LogP contribution is 2.31. The second kappa shape index (κ2) is 7.86. The number of nitrogens with one attached hydrogen (secondary N) is 1. The van der Waals surface area contributed by atoms with E-state index >= 15 is 0 Å².